The van der Waals surface area contributed by atoms with E-state index >= 15 is 0 Å². The molecule has 37 heavy (non-hydrogen) atoms. The Morgan fingerprint density at radius 1 is 1.08 bits per heavy atom. The Morgan fingerprint density at radius 3 is 2.43 bits per heavy atom. The third-order valence-corrected chi connectivity index (χ3v) is 6.43. The number of hydrogen-bond donors (Lipinski definition) is 3. The Hall–Kier alpha value is -4.21. The lowest BCUT2D eigenvalue weighted by Gasteiger charge is -2.33. The van der Waals surface area contributed by atoms with Crippen molar-refractivity contribution in [3.05, 3.63) is 54.2 Å². The average molecular weight is 508 g/mol. The molecule has 1 fully saturated rings. The number of phenols is 1. The number of anilines is 3. The lowest BCUT2D eigenvalue weighted by Crippen LogP contribution is -2.44. The van der Waals surface area contributed by atoms with Crippen molar-refractivity contribution in [2.45, 2.75) is 25.8 Å². The molecule has 1 amide bonds. The van der Waals surface area contributed by atoms with Crippen molar-refractivity contribution < 1.29 is 24.1 Å². The SMILES string of the molecule is COc1cc(Nc2nccc(N3CCCC(C(=O)N[C@@H](C)c4ccc(O)cc4)C3)n2)cc(OC)c1OC. The molecule has 0 radical (unpaired) electrons. The topological polar surface area (TPSA) is 118 Å². The number of piperidine rings is 1. The molecule has 1 saturated heterocycles. The lowest BCUT2D eigenvalue weighted by atomic mass is 9.96. The van der Waals surface area contributed by atoms with Gasteiger partial charge in [0.1, 0.15) is 11.6 Å². The highest BCUT2D eigenvalue weighted by molar-refractivity contribution is 5.80. The molecular formula is C27H33N5O5. The molecule has 2 atom stereocenters. The molecule has 4 rings (SSSR count). The number of phenolic OH excluding ortho intramolecular Hbond substituents is 1. The van der Waals surface area contributed by atoms with E-state index in [1.165, 1.54) is 0 Å². The van der Waals surface area contributed by atoms with Crippen LogP contribution in [0.4, 0.5) is 17.5 Å². The van der Waals surface area contributed by atoms with E-state index in [2.05, 4.69) is 20.5 Å². The van der Waals surface area contributed by atoms with E-state index in [0.29, 0.717) is 35.4 Å². The summed E-state index contributed by atoms with van der Waals surface area (Å²) in [5.41, 5.74) is 1.63. The van der Waals surface area contributed by atoms with Gasteiger partial charge >= 0.3 is 0 Å². The van der Waals surface area contributed by atoms with Gasteiger partial charge in [-0.15, -0.1) is 0 Å². The molecular weight excluding hydrogens is 474 g/mol. The number of aromatic nitrogens is 2. The smallest absolute Gasteiger partial charge is 0.229 e. The summed E-state index contributed by atoms with van der Waals surface area (Å²) in [6, 6.07) is 12.1. The number of nitrogens with one attached hydrogen (secondary N) is 2. The third-order valence-electron chi connectivity index (χ3n) is 6.43. The molecule has 1 aliphatic heterocycles. The number of aromatic hydroxyl groups is 1. The van der Waals surface area contributed by atoms with Gasteiger partial charge in [0, 0.05) is 37.1 Å². The third kappa shape index (κ3) is 6.14. The number of rotatable bonds is 9. The fraction of sp³-hybridized carbons (Fsp3) is 0.370. The predicted molar refractivity (Wildman–Crippen MR) is 141 cm³/mol. The van der Waals surface area contributed by atoms with Crippen LogP contribution in [0.3, 0.4) is 0 Å². The van der Waals surface area contributed by atoms with Crippen molar-refractivity contribution >= 4 is 23.4 Å². The predicted octanol–water partition coefficient (Wildman–Crippen LogP) is 4.05. The molecule has 0 aliphatic carbocycles. The molecule has 1 aliphatic rings. The van der Waals surface area contributed by atoms with Gasteiger partial charge in [-0.05, 0) is 43.5 Å². The van der Waals surface area contributed by atoms with Crippen molar-refractivity contribution in [3.8, 4) is 23.0 Å². The van der Waals surface area contributed by atoms with Gasteiger partial charge in [-0.1, -0.05) is 12.1 Å². The van der Waals surface area contributed by atoms with Crippen molar-refractivity contribution in [3.63, 3.8) is 0 Å². The maximum absolute atomic E-state index is 13.0. The Balaban J connectivity index is 1.44. The first kappa shape index (κ1) is 25.9. The number of carbonyl (C=O) groups is 1. The lowest BCUT2D eigenvalue weighted by molar-refractivity contribution is -0.125. The second-order valence-electron chi connectivity index (χ2n) is 8.88. The summed E-state index contributed by atoms with van der Waals surface area (Å²) in [7, 11) is 4.68. The van der Waals surface area contributed by atoms with Crippen LogP contribution in [0, 0.1) is 5.92 Å². The highest BCUT2D eigenvalue weighted by atomic mass is 16.5. The average Bonchev–Trinajstić information content (AvgIpc) is 2.93. The molecule has 0 spiro atoms. The fourth-order valence-corrected chi connectivity index (χ4v) is 4.44. The van der Waals surface area contributed by atoms with Crippen LogP contribution in [0.25, 0.3) is 0 Å². The monoisotopic (exact) mass is 507 g/mol. The highest BCUT2D eigenvalue weighted by Gasteiger charge is 2.28. The molecule has 3 aromatic rings. The second-order valence-corrected chi connectivity index (χ2v) is 8.88. The van der Waals surface area contributed by atoms with Crippen molar-refractivity contribution in [2.24, 2.45) is 5.92 Å². The van der Waals surface area contributed by atoms with Gasteiger partial charge in [0.15, 0.2) is 11.5 Å². The highest BCUT2D eigenvalue weighted by Crippen LogP contribution is 2.40. The fourth-order valence-electron chi connectivity index (χ4n) is 4.44. The first-order chi connectivity index (χ1) is 17.9. The summed E-state index contributed by atoms with van der Waals surface area (Å²) in [5, 5.41) is 15.8. The number of benzene rings is 2. The Morgan fingerprint density at radius 2 is 1.78 bits per heavy atom. The van der Waals surface area contributed by atoms with Crippen LogP contribution in [0.2, 0.25) is 0 Å². The molecule has 1 unspecified atom stereocenters. The normalized spacial score (nSPS) is 16.0. The van der Waals surface area contributed by atoms with E-state index in [9.17, 15) is 9.90 Å². The molecule has 196 valence electrons. The molecule has 1 aromatic heterocycles. The summed E-state index contributed by atoms with van der Waals surface area (Å²) >= 11 is 0. The first-order valence-corrected chi connectivity index (χ1v) is 12.2. The van der Waals surface area contributed by atoms with Crippen LogP contribution < -0.4 is 29.7 Å². The summed E-state index contributed by atoms with van der Waals surface area (Å²) in [4.78, 5) is 24.2. The van der Waals surface area contributed by atoms with Gasteiger partial charge in [0.25, 0.3) is 0 Å². The van der Waals surface area contributed by atoms with E-state index in [1.54, 1.807) is 51.8 Å². The van der Waals surface area contributed by atoms with Gasteiger partial charge in [-0.2, -0.15) is 4.98 Å². The molecule has 10 nitrogen and oxygen atoms in total. The maximum atomic E-state index is 13.0. The van der Waals surface area contributed by atoms with E-state index in [0.717, 1.165) is 30.8 Å². The van der Waals surface area contributed by atoms with Crippen LogP contribution in [0.5, 0.6) is 23.0 Å². The largest absolute Gasteiger partial charge is 0.508 e. The van der Waals surface area contributed by atoms with Gasteiger partial charge in [0.05, 0.1) is 33.3 Å². The zero-order valence-corrected chi connectivity index (χ0v) is 21.5. The zero-order valence-electron chi connectivity index (χ0n) is 21.5. The number of ether oxygens (including phenoxy) is 3. The van der Waals surface area contributed by atoms with Crippen molar-refractivity contribution in [2.75, 3.05) is 44.6 Å². The van der Waals surface area contributed by atoms with Crippen LogP contribution in [0.1, 0.15) is 31.4 Å². The Kier molecular flexibility index (Phi) is 8.17. The minimum Gasteiger partial charge on any atom is -0.508 e. The molecule has 0 saturated carbocycles. The standard InChI is InChI=1S/C27H33N5O5/c1-17(18-7-9-21(33)10-8-18)29-26(34)19-6-5-13-32(16-19)24-11-12-28-27(31-24)30-20-14-22(35-2)25(37-4)23(15-20)36-3/h7-12,14-15,17,19,33H,5-6,13,16H2,1-4H3,(H,29,34)(H,28,30,31)/t17-,19?/m0/s1. The van der Waals surface area contributed by atoms with E-state index < -0.39 is 0 Å². The quantitative estimate of drug-likeness (QED) is 0.394. The second kappa shape index (κ2) is 11.7. The molecule has 2 heterocycles. The molecule has 0 bridgehead atoms. The number of methoxy groups -OCH3 is 3. The number of carbonyl (C=O) groups excluding carboxylic acids is 1. The summed E-state index contributed by atoms with van der Waals surface area (Å²) in [6.07, 6.45) is 3.39. The van der Waals surface area contributed by atoms with E-state index in [-0.39, 0.29) is 23.6 Å². The summed E-state index contributed by atoms with van der Waals surface area (Å²) in [5.74, 6) is 2.76. The van der Waals surface area contributed by atoms with Gasteiger partial charge in [-0.25, -0.2) is 4.98 Å². The minimum absolute atomic E-state index is 0.00935. The Bertz CT molecular complexity index is 1200. The molecule has 2 aromatic carbocycles. The van der Waals surface area contributed by atoms with Crippen LogP contribution in [-0.4, -0.2) is 55.4 Å². The van der Waals surface area contributed by atoms with Crippen LogP contribution >= 0.6 is 0 Å². The number of amides is 1. The van der Waals surface area contributed by atoms with E-state index in [1.807, 2.05) is 25.1 Å². The van der Waals surface area contributed by atoms with Gasteiger partial charge < -0.3 is 34.9 Å². The zero-order chi connectivity index (χ0) is 26.4. The summed E-state index contributed by atoms with van der Waals surface area (Å²) in [6.45, 7) is 3.31. The van der Waals surface area contributed by atoms with E-state index in [4.69, 9.17) is 19.2 Å². The van der Waals surface area contributed by atoms with Crippen molar-refractivity contribution in [1.29, 1.82) is 0 Å². The van der Waals surface area contributed by atoms with Gasteiger partial charge in [-0.3, -0.25) is 4.79 Å². The molecule has 10 heteroatoms. The van der Waals surface area contributed by atoms with Crippen LogP contribution in [0.15, 0.2) is 48.7 Å². The van der Waals surface area contributed by atoms with Crippen LogP contribution in [-0.2, 0) is 4.79 Å². The van der Waals surface area contributed by atoms with Gasteiger partial charge in [0.2, 0.25) is 17.6 Å². The number of hydrogen-bond acceptors (Lipinski definition) is 9. The molecule has 3 N–H and O–H groups in total. The summed E-state index contributed by atoms with van der Waals surface area (Å²) < 4.78 is 16.2. The maximum Gasteiger partial charge on any atom is 0.229 e. The first-order valence-electron chi connectivity index (χ1n) is 12.2. The Labute approximate surface area is 216 Å². The minimum atomic E-state index is -0.158. The van der Waals surface area contributed by atoms with Crippen molar-refractivity contribution in [1.82, 2.24) is 15.3 Å². The number of nitrogens with zero attached hydrogens (tertiary/aromatic N) is 3.